The minimum Gasteiger partial charge on any atom is -0.444 e. The third-order valence-electron chi connectivity index (χ3n) is 11.4. The molecule has 22 heteroatoms. The summed E-state index contributed by atoms with van der Waals surface area (Å²) in [6.45, 7) is 3.26. The zero-order valence-corrected chi connectivity index (χ0v) is 35.8. The number of aryl methyl sites for hydroxylation is 2. The lowest BCUT2D eigenvalue weighted by Gasteiger charge is -2.33. The maximum absolute atomic E-state index is 13.1. The number of hydrogen-bond acceptors (Lipinski definition) is 13. The summed E-state index contributed by atoms with van der Waals surface area (Å²) in [5.41, 5.74) is 9.38. The lowest BCUT2D eigenvalue weighted by atomic mass is 10.0. The molecule has 4 aromatic heterocycles. The fraction of sp³-hybridized carbons (Fsp3) is 0.364. The number of carbonyl (C=O) groups is 4. The minimum absolute atomic E-state index is 0.0290. The van der Waals surface area contributed by atoms with Gasteiger partial charge in [0.25, 0.3) is 11.8 Å². The number of nitrogens with zero attached hydrogens (tertiary/aromatic N) is 7. The Balaban J connectivity index is 0.785. The van der Waals surface area contributed by atoms with Crippen LogP contribution in [0.2, 0.25) is 0 Å². The Morgan fingerprint density at radius 1 is 1.03 bits per heavy atom. The number of benzene rings is 2. The highest BCUT2D eigenvalue weighted by Gasteiger charge is 2.32. The topological polar surface area (TPSA) is 239 Å². The van der Waals surface area contributed by atoms with Gasteiger partial charge in [0.05, 0.1) is 41.3 Å². The molecule has 0 saturated carbocycles. The molecule has 346 valence electrons. The number of anilines is 2. The average Bonchev–Trinajstić information content (AvgIpc) is 4.02. The molecule has 2 atom stereocenters. The number of imide groups is 1. The number of alkyl halides is 3. The summed E-state index contributed by atoms with van der Waals surface area (Å²) in [6.07, 6.45) is 2.47. The Kier molecular flexibility index (Phi) is 13.4. The van der Waals surface area contributed by atoms with Gasteiger partial charge in [-0.1, -0.05) is 18.2 Å². The molecule has 4 amide bonds. The molecule has 6 N–H and O–H groups in total. The maximum Gasteiger partial charge on any atom is 0.405 e. The summed E-state index contributed by atoms with van der Waals surface area (Å²) in [6, 6.07) is 15.4. The minimum atomic E-state index is -4.45. The molecule has 19 nitrogen and oxygen atoms in total. The molecule has 2 aliphatic heterocycles. The number of ether oxygens (including phenoxy) is 1. The van der Waals surface area contributed by atoms with Crippen LogP contribution in [-0.4, -0.2) is 109 Å². The van der Waals surface area contributed by atoms with Crippen LogP contribution in [0.25, 0.3) is 28.2 Å². The van der Waals surface area contributed by atoms with Crippen LogP contribution in [0.4, 0.5) is 24.7 Å². The van der Waals surface area contributed by atoms with Crippen molar-refractivity contribution in [2.75, 3.05) is 50.0 Å². The number of piperidine rings is 1. The lowest BCUT2D eigenvalue weighted by Crippen LogP contribution is -2.44. The van der Waals surface area contributed by atoms with E-state index >= 15 is 0 Å². The van der Waals surface area contributed by atoms with Crippen LogP contribution in [0.5, 0.6) is 0 Å². The van der Waals surface area contributed by atoms with Gasteiger partial charge >= 0.3 is 11.9 Å². The number of carbonyl (C=O) groups excluding carboxylic acids is 4. The summed E-state index contributed by atoms with van der Waals surface area (Å²) in [5, 5.41) is 14.9. The number of amides is 4. The van der Waals surface area contributed by atoms with Crippen molar-refractivity contribution in [2.24, 2.45) is 12.8 Å². The first-order valence-corrected chi connectivity index (χ1v) is 21.3. The highest BCUT2D eigenvalue weighted by molar-refractivity contribution is 6.07. The smallest absolute Gasteiger partial charge is 0.405 e. The maximum atomic E-state index is 13.1. The zero-order valence-electron chi connectivity index (χ0n) is 35.8. The lowest BCUT2D eigenvalue weighted by molar-refractivity contribution is -0.135. The van der Waals surface area contributed by atoms with Crippen LogP contribution in [-0.2, 0) is 34.3 Å². The van der Waals surface area contributed by atoms with E-state index in [2.05, 4.69) is 41.2 Å². The van der Waals surface area contributed by atoms with E-state index in [1.165, 1.54) is 33.8 Å². The van der Waals surface area contributed by atoms with E-state index in [0.717, 1.165) is 68.3 Å². The second-order valence-electron chi connectivity index (χ2n) is 16.1. The molecule has 2 saturated heterocycles. The van der Waals surface area contributed by atoms with Crippen LogP contribution >= 0.6 is 0 Å². The van der Waals surface area contributed by atoms with Crippen LogP contribution < -0.4 is 32.7 Å². The predicted octanol–water partition coefficient (Wildman–Crippen LogP) is 3.69. The quantitative estimate of drug-likeness (QED) is 0.0649. The molecule has 0 radical (unpaired) electrons. The van der Waals surface area contributed by atoms with Crippen molar-refractivity contribution < 1.29 is 41.5 Å². The molecule has 6 heterocycles. The van der Waals surface area contributed by atoms with Gasteiger partial charge in [-0.05, 0) is 86.3 Å². The number of nitrogens with one attached hydrogen (secondary N) is 4. The number of primary amides is 1. The second kappa shape index (κ2) is 19.5. The van der Waals surface area contributed by atoms with Crippen LogP contribution in [0.3, 0.4) is 0 Å². The van der Waals surface area contributed by atoms with Gasteiger partial charge < -0.3 is 30.8 Å². The first-order valence-electron chi connectivity index (χ1n) is 21.3. The monoisotopic (exact) mass is 912 g/mol. The highest BCUT2D eigenvalue weighted by Crippen LogP contribution is 2.26. The van der Waals surface area contributed by atoms with Gasteiger partial charge in [-0.25, -0.2) is 19.4 Å². The average molecular weight is 913 g/mol. The number of morpholine rings is 1. The first-order chi connectivity index (χ1) is 31.7. The third-order valence-corrected chi connectivity index (χ3v) is 11.4. The van der Waals surface area contributed by atoms with E-state index < -0.39 is 36.5 Å². The van der Waals surface area contributed by atoms with E-state index in [4.69, 9.17) is 14.9 Å². The Bertz CT molecular complexity index is 2810. The van der Waals surface area contributed by atoms with E-state index in [-0.39, 0.29) is 58.5 Å². The van der Waals surface area contributed by atoms with Crippen molar-refractivity contribution in [1.82, 2.24) is 44.4 Å². The molecular formula is C44H47F3N12O7. The van der Waals surface area contributed by atoms with Crippen molar-refractivity contribution in [3.63, 3.8) is 0 Å². The Morgan fingerprint density at radius 2 is 1.83 bits per heavy atom. The van der Waals surface area contributed by atoms with Gasteiger partial charge in [0.15, 0.2) is 11.4 Å². The van der Waals surface area contributed by atoms with Crippen molar-refractivity contribution >= 4 is 46.2 Å². The molecule has 2 aromatic carbocycles. The largest absolute Gasteiger partial charge is 0.444 e. The van der Waals surface area contributed by atoms with Crippen molar-refractivity contribution in [1.29, 1.82) is 0 Å². The van der Waals surface area contributed by atoms with Crippen LogP contribution in [0.1, 0.15) is 63.8 Å². The molecular weight excluding hydrogens is 866 g/mol. The Labute approximate surface area is 374 Å². The standard InChI is InChI=1S/C44H47F3N12O7/c1-56-35-19-26(6-9-33(35)59(43(56)64)34-10-11-37(60)54-41(34)63)3-2-16-57-17-18-65-30(22-57)13-14-49-21-27-4-7-29(8-5-27)58-23-31(38(55-58)39(48)61)52-40(62)32-24-66-42(53-32)28-12-15-50-36(20-28)51-25-44(45,46)47/h4-9,12,15,19-20,23-24,30,34,49H,2-3,10-11,13-14,16-18,21-22,25H2,1H3,(H2,48,61)(H,50,51)(H,52,62)(H,54,60,63)/t30-,34?/m0/s1. The number of halogens is 3. The molecule has 2 fully saturated rings. The van der Waals surface area contributed by atoms with Crippen LogP contribution in [0, 0.1) is 0 Å². The predicted molar refractivity (Wildman–Crippen MR) is 234 cm³/mol. The van der Waals surface area contributed by atoms with Gasteiger partial charge in [-0.15, -0.1) is 0 Å². The number of rotatable bonds is 17. The van der Waals surface area contributed by atoms with Gasteiger partial charge in [0, 0.05) is 44.9 Å². The normalized spacial score (nSPS) is 17.0. The number of pyridine rings is 1. The van der Waals surface area contributed by atoms with Crippen LogP contribution in [0.15, 0.2) is 82.5 Å². The summed E-state index contributed by atoms with van der Waals surface area (Å²) in [4.78, 5) is 73.2. The Morgan fingerprint density at radius 3 is 2.61 bits per heavy atom. The fourth-order valence-electron chi connectivity index (χ4n) is 8.05. The number of imidazole rings is 1. The first kappa shape index (κ1) is 45.4. The fourth-order valence-corrected chi connectivity index (χ4v) is 8.05. The number of aromatic nitrogens is 6. The number of fused-ring (bicyclic) bond motifs is 1. The van der Waals surface area contributed by atoms with E-state index in [9.17, 15) is 37.1 Å². The SMILES string of the molecule is Cn1c(=O)n(C2CCC(=O)NC2=O)c2ccc(CCCN3CCO[C@@H](CCNCc4ccc(-n5cc(NC(=O)c6coc(-c7ccnc(NCC(F)(F)F)c7)n6)c(C(N)=O)n5)cc4)C3)cc21. The zero-order chi connectivity index (χ0) is 46.5. The Hall–Kier alpha value is -7.17. The summed E-state index contributed by atoms with van der Waals surface area (Å²) in [7, 11) is 1.70. The molecule has 0 bridgehead atoms. The molecule has 2 aliphatic rings. The number of nitrogens with two attached hydrogens (primary N) is 1. The molecule has 0 aliphatic carbocycles. The van der Waals surface area contributed by atoms with Crippen molar-refractivity contribution in [3.05, 3.63) is 106 Å². The van der Waals surface area contributed by atoms with Crippen molar-refractivity contribution in [3.8, 4) is 17.1 Å². The van der Waals surface area contributed by atoms with Crippen molar-refractivity contribution in [2.45, 2.75) is 57.0 Å². The van der Waals surface area contributed by atoms with Gasteiger partial charge in [0.1, 0.15) is 24.7 Å². The highest BCUT2D eigenvalue weighted by atomic mass is 19.4. The summed E-state index contributed by atoms with van der Waals surface area (Å²) >= 11 is 0. The van der Waals surface area contributed by atoms with E-state index in [0.29, 0.717) is 30.8 Å². The van der Waals surface area contributed by atoms with E-state index in [1.54, 1.807) is 11.6 Å². The molecule has 1 unspecified atom stereocenters. The number of hydrogen-bond donors (Lipinski definition) is 5. The molecule has 66 heavy (non-hydrogen) atoms. The summed E-state index contributed by atoms with van der Waals surface area (Å²) in [5.74, 6) is -2.50. The third kappa shape index (κ3) is 10.7. The number of oxazole rings is 1. The van der Waals surface area contributed by atoms with Gasteiger partial charge in [0.2, 0.25) is 17.7 Å². The summed E-state index contributed by atoms with van der Waals surface area (Å²) < 4.78 is 53.8. The van der Waals surface area contributed by atoms with Gasteiger partial charge in [-0.2, -0.15) is 18.3 Å². The second-order valence-corrected chi connectivity index (χ2v) is 16.1. The molecule has 6 aromatic rings. The molecule has 8 rings (SSSR count). The van der Waals surface area contributed by atoms with Gasteiger partial charge in [-0.3, -0.25) is 38.5 Å². The van der Waals surface area contributed by atoms with E-state index in [1.807, 2.05) is 42.5 Å². The molecule has 0 spiro atoms.